The highest BCUT2D eigenvalue weighted by Gasteiger charge is 2.31. The molecule has 1 heterocycles. The zero-order chi connectivity index (χ0) is 20.2. The number of benzene rings is 1. The van der Waals surface area contributed by atoms with Gasteiger partial charge in [-0.2, -0.15) is 4.31 Å². The number of hydroxylamine groups is 1. The van der Waals surface area contributed by atoms with Crippen LogP contribution < -0.4 is 16.0 Å². The number of rotatable bonds is 7. The standard InChI is InChI=1S/C15H18F3N3O5S/c1-10(14(19)22)26-20-11-6-8-21(9-7-11)27(23,24)13-4-2-12(3-5-13)25-15(16,17)18/h2-6,10,20H,7-9H2,1H3,(H2,19,22). The Morgan fingerprint density at radius 1 is 1.30 bits per heavy atom. The number of hydrogen-bond donors (Lipinski definition) is 2. The van der Waals surface area contributed by atoms with Crippen molar-refractivity contribution in [2.24, 2.45) is 5.73 Å². The highest BCUT2D eigenvalue weighted by atomic mass is 32.2. The van der Waals surface area contributed by atoms with Crippen molar-refractivity contribution in [3.8, 4) is 5.75 Å². The van der Waals surface area contributed by atoms with E-state index in [0.717, 1.165) is 28.6 Å². The van der Waals surface area contributed by atoms with Crippen molar-refractivity contribution in [3.63, 3.8) is 0 Å². The Bertz CT molecular complexity index is 809. The molecule has 0 aliphatic carbocycles. The molecule has 3 N–H and O–H groups in total. The number of nitrogens with two attached hydrogens (primary N) is 1. The zero-order valence-electron chi connectivity index (χ0n) is 14.2. The minimum atomic E-state index is -4.85. The maximum atomic E-state index is 12.6. The first kappa shape index (κ1) is 21.0. The Morgan fingerprint density at radius 3 is 2.41 bits per heavy atom. The fraction of sp³-hybridized carbons (Fsp3) is 0.400. The number of ether oxygens (including phenoxy) is 1. The molecule has 8 nitrogen and oxygen atoms in total. The van der Waals surface area contributed by atoms with Crippen LogP contribution in [0.2, 0.25) is 0 Å². The first-order valence-corrected chi connectivity index (χ1v) is 9.19. The molecule has 1 aliphatic rings. The molecule has 0 fully saturated rings. The van der Waals surface area contributed by atoms with Gasteiger partial charge in [0.05, 0.1) is 4.90 Å². The molecular formula is C15H18F3N3O5S. The van der Waals surface area contributed by atoms with Gasteiger partial charge in [-0.15, -0.1) is 13.2 Å². The summed E-state index contributed by atoms with van der Waals surface area (Å²) in [5.74, 6) is -1.16. The minimum absolute atomic E-state index is 0.0276. The van der Waals surface area contributed by atoms with Crippen LogP contribution in [0.4, 0.5) is 13.2 Å². The Hall–Kier alpha value is -2.31. The molecule has 1 unspecified atom stereocenters. The first-order chi connectivity index (χ1) is 12.5. The largest absolute Gasteiger partial charge is 0.573 e. The number of sulfonamides is 1. The molecule has 1 atom stereocenters. The van der Waals surface area contributed by atoms with Crippen molar-refractivity contribution < 1.29 is 36.0 Å². The minimum Gasteiger partial charge on any atom is -0.406 e. The van der Waals surface area contributed by atoms with Gasteiger partial charge in [-0.05, 0) is 37.3 Å². The molecular weight excluding hydrogens is 391 g/mol. The zero-order valence-corrected chi connectivity index (χ0v) is 15.0. The predicted octanol–water partition coefficient (Wildman–Crippen LogP) is 1.26. The van der Waals surface area contributed by atoms with E-state index in [-0.39, 0.29) is 18.0 Å². The number of carbonyl (C=O) groups is 1. The third-order valence-corrected chi connectivity index (χ3v) is 5.51. The number of amides is 1. The molecule has 1 aromatic rings. The second-order valence-electron chi connectivity index (χ2n) is 5.63. The lowest BCUT2D eigenvalue weighted by atomic mass is 10.2. The van der Waals surface area contributed by atoms with Crippen molar-refractivity contribution >= 4 is 15.9 Å². The van der Waals surface area contributed by atoms with Crippen molar-refractivity contribution in [2.45, 2.75) is 30.7 Å². The maximum absolute atomic E-state index is 12.6. The monoisotopic (exact) mass is 409 g/mol. The average molecular weight is 409 g/mol. The van der Waals surface area contributed by atoms with Crippen LogP contribution in [0.3, 0.4) is 0 Å². The summed E-state index contributed by atoms with van der Waals surface area (Å²) in [5, 5.41) is 0. The molecule has 0 aromatic heterocycles. The Labute approximate surface area is 153 Å². The number of halogens is 3. The second-order valence-corrected chi connectivity index (χ2v) is 7.56. The van der Waals surface area contributed by atoms with E-state index in [1.54, 1.807) is 6.08 Å². The van der Waals surface area contributed by atoms with Crippen LogP contribution in [0.15, 0.2) is 40.9 Å². The fourth-order valence-electron chi connectivity index (χ4n) is 2.15. The van der Waals surface area contributed by atoms with Gasteiger partial charge in [0.2, 0.25) is 15.9 Å². The molecule has 1 aromatic carbocycles. The Kier molecular flexibility index (Phi) is 6.34. The summed E-state index contributed by atoms with van der Waals surface area (Å²) in [6.07, 6.45) is -3.85. The molecule has 1 aliphatic heterocycles. The summed E-state index contributed by atoms with van der Waals surface area (Å²) in [4.78, 5) is 15.8. The van der Waals surface area contributed by atoms with Gasteiger partial charge in [-0.1, -0.05) is 0 Å². The molecule has 0 saturated heterocycles. The summed E-state index contributed by atoms with van der Waals surface area (Å²) in [6.45, 7) is 1.61. The quantitative estimate of drug-likeness (QED) is 0.656. The van der Waals surface area contributed by atoms with Crippen LogP contribution in [-0.4, -0.2) is 44.2 Å². The third-order valence-electron chi connectivity index (χ3n) is 3.63. The molecule has 0 bridgehead atoms. The smallest absolute Gasteiger partial charge is 0.406 e. The van der Waals surface area contributed by atoms with Crippen molar-refractivity contribution in [3.05, 3.63) is 36.0 Å². The molecule has 0 radical (unpaired) electrons. The SMILES string of the molecule is CC(ONC1=CCN(S(=O)(=O)c2ccc(OC(F)(F)F)cc2)CC1)C(N)=O. The molecule has 0 saturated carbocycles. The molecule has 1 amide bonds. The van der Waals surface area contributed by atoms with Gasteiger partial charge in [0.25, 0.3) is 0 Å². The lowest BCUT2D eigenvalue weighted by Crippen LogP contribution is -2.38. The van der Waals surface area contributed by atoms with E-state index < -0.39 is 34.1 Å². The van der Waals surface area contributed by atoms with Gasteiger partial charge < -0.3 is 10.5 Å². The van der Waals surface area contributed by atoms with Crippen LogP contribution in [0.5, 0.6) is 5.75 Å². The second kappa shape index (κ2) is 8.15. The van der Waals surface area contributed by atoms with Crippen molar-refractivity contribution in [1.29, 1.82) is 0 Å². The van der Waals surface area contributed by atoms with Crippen LogP contribution in [0, 0.1) is 0 Å². The van der Waals surface area contributed by atoms with Gasteiger partial charge in [-0.25, -0.2) is 8.42 Å². The van der Waals surface area contributed by atoms with Crippen molar-refractivity contribution in [2.75, 3.05) is 13.1 Å². The highest BCUT2D eigenvalue weighted by Crippen LogP contribution is 2.26. The molecule has 0 spiro atoms. The average Bonchev–Trinajstić information content (AvgIpc) is 2.59. The number of carbonyl (C=O) groups excluding carboxylic acids is 1. The van der Waals surface area contributed by atoms with Crippen LogP contribution in [0.1, 0.15) is 13.3 Å². The van der Waals surface area contributed by atoms with E-state index in [9.17, 15) is 26.4 Å². The van der Waals surface area contributed by atoms with Gasteiger partial charge in [0, 0.05) is 25.2 Å². The normalized spacial score (nSPS) is 17.1. The summed E-state index contributed by atoms with van der Waals surface area (Å²) in [7, 11) is -3.88. The molecule has 2 rings (SSSR count). The topological polar surface area (TPSA) is 111 Å². The van der Waals surface area contributed by atoms with Crippen molar-refractivity contribution in [1.82, 2.24) is 9.79 Å². The van der Waals surface area contributed by atoms with E-state index >= 15 is 0 Å². The predicted molar refractivity (Wildman–Crippen MR) is 87.5 cm³/mol. The van der Waals surface area contributed by atoms with Gasteiger partial charge in [0.15, 0.2) is 6.10 Å². The number of primary amides is 1. The van der Waals surface area contributed by atoms with Gasteiger partial charge in [0.1, 0.15) is 5.75 Å². The molecule has 12 heteroatoms. The molecule has 27 heavy (non-hydrogen) atoms. The summed E-state index contributed by atoms with van der Waals surface area (Å²) >= 11 is 0. The lowest BCUT2D eigenvalue weighted by Gasteiger charge is -2.26. The van der Waals surface area contributed by atoms with E-state index in [0.29, 0.717) is 12.1 Å². The summed E-state index contributed by atoms with van der Waals surface area (Å²) < 4.78 is 66.5. The van der Waals surface area contributed by atoms with Gasteiger partial charge in [-0.3, -0.25) is 15.1 Å². The van der Waals surface area contributed by atoms with E-state index in [1.807, 2.05) is 0 Å². The number of nitrogens with zero attached hydrogens (tertiary/aromatic N) is 1. The number of alkyl halides is 3. The summed E-state index contributed by atoms with van der Waals surface area (Å²) in [5.41, 5.74) is 8.20. The molecule has 150 valence electrons. The first-order valence-electron chi connectivity index (χ1n) is 7.75. The van der Waals surface area contributed by atoms with Crippen LogP contribution in [-0.2, 0) is 19.7 Å². The maximum Gasteiger partial charge on any atom is 0.573 e. The van der Waals surface area contributed by atoms with E-state index in [4.69, 9.17) is 10.6 Å². The lowest BCUT2D eigenvalue weighted by molar-refractivity contribution is -0.274. The van der Waals surface area contributed by atoms with Gasteiger partial charge >= 0.3 is 6.36 Å². The van der Waals surface area contributed by atoms with E-state index in [1.165, 1.54) is 6.92 Å². The number of hydrogen-bond acceptors (Lipinski definition) is 6. The van der Waals surface area contributed by atoms with E-state index in [2.05, 4.69) is 10.2 Å². The fourth-order valence-corrected chi connectivity index (χ4v) is 3.53. The Morgan fingerprint density at radius 2 is 1.93 bits per heavy atom. The highest BCUT2D eigenvalue weighted by molar-refractivity contribution is 7.89. The van der Waals surface area contributed by atoms with Crippen LogP contribution in [0.25, 0.3) is 0 Å². The summed E-state index contributed by atoms with van der Waals surface area (Å²) in [6, 6.07) is 3.97. The number of nitrogens with one attached hydrogen (secondary N) is 1. The Balaban J connectivity index is 2.00. The third kappa shape index (κ3) is 5.84. The van der Waals surface area contributed by atoms with Crippen LogP contribution >= 0.6 is 0 Å².